The van der Waals surface area contributed by atoms with Crippen LogP contribution in [0, 0.1) is 0 Å². The van der Waals surface area contributed by atoms with Crippen molar-refractivity contribution < 1.29 is 4.74 Å². The summed E-state index contributed by atoms with van der Waals surface area (Å²) < 4.78 is 5.16. The van der Waals surface area contributed by atoms with Crippen molar-refractivity contribution in [1.29, 1.82) is 0 Å². The Morgan fingerprint density at radius 2 is 2.06 bits per heavy atom. The Kier molecular flexibility index (Phi) is 4.59. The van der Waals surface area contributed by atoms with Crippen LogP contribution in [0.4, 0.5) is 0 Å². The number of allylic oxidation sites excluding steroid dienone is 1. The van der Waals surface area contributed by atoms with Gasteiger partial charge < -0.3 is 4.74 Å². The lowest BCUT2D eigenvalue weighted by molar-refractivity contribution is 0.414. The first-order valence-electron chi connectivity index (χ1n) is 6.11. The van der Waals surface area contributed by atoms with Crippen LogP contribution in [0.3, 0.4) is 0 Å². The zero-order valence-electron chi connectivity index (χ0n) is 10.6. The van der Waals surface area contributed by atoms with E-state index in [1.807, 2.05) is 18.2 Å². The smallest absolute Gasteiger partial charge is 0.118 e. The highest BCUT2D eigenvalue weighted by Crippen LogP contribution is 2.25. The molecule has 1 heterocycles. The number of hydrogen-bond acceptors (Lipinski definition) is 2. The van der Waals surface area contributed by atoms with E-state index >= 15 is 0 Å². The summed E-state index contributed by atoms with van der Waals surface area (Å²) in [6.07, 6.45) is 4.22. The number of thiophene rings is 1. The minimum Gasteiger partial charge on any atom is -0.497 e. The van der Waals surface area contributed by atoms with Gasteiger partial charge in [0.05, 0.1) is 7.11 Å². The second-order valence-corrected chi connectivity index (χ2v) is 5.07. The molecule has 0 fully saturated rings. The standard InChI is InChI=1S/C16H18OS/c1-3-14(15-10-11-18-12-15)7-4-13-5-8-16(17-2)9-6-13/h3,5-6,8-12,14H,1,4,7H2,2H3/t14-/m1/s1. The Morgan fingerprint density at radius 1 is 1.28 bits per heavy atom. The van der Waals surface area contributed by atoms with E-state index in [1.165, 1.54) is 11.1 Å². The van der Waals surface area contributed by atoms with E-state index in [-0.39, 0.29) is 0 Å². The molecule has 0 spiro atoms. The van der Waals surface area contributed by atoms with Crippen molar-refractivity contribution in [1.82, 2.24) is 0 Å². The van der Waals surface area contributed by atoms with E-state index in [0.29, 0.717) is 5.92 Å². The summed E-state index contributed by atoms with van der Waals surface area (Å²) in [6, 6.07) is 10.5. The molecule has 18 heavy (non-hydrogen) atoms. The average Bonchev–Trinajstić information content (AvgIpc) is 2.94. The molecule has 0 radical (unpaired) electrons. The van der Waals surface area contributed by atoms with Crippen molar-refractivity contribution in [2.45, 2.75) is 18.8 Å². The van der Waals surface area contributed by atoms with Crippen LogP contribution in [-0.2, 0) is 6.42 Å². The van der Waals surface area contributed by atoms with Gasteiger partial charge in [-0.25, -0.2) is 0 Å². The van der Waals surface area contributed by atoms with Crippen LogP contribution in [0.1, 0.15) is 23.5 Å². The topological polar surface area (TPSA) is 9.23 Å². The highest BCUT2D eigenvalue weighted by molar-refractivity contribution is 7.08. The molecular weight excluding hydrogens is 240 g/mol. The molecule has 1 aromatic heterocycles. The normalized spacial score (nSPS) is 12.1. The maximum Gasteiger partial charge on any atom is 0.118 e. The first kappa shape index (κ1) is 12.9. The first-order chi connectivity index (χ1) is 8.83. The second kappa shape index (κ2) is 6.41. The van der Waals surface area contributed by atoms with Gasteiger partial charge in [0, 0.05) is 5.92 Å². The molecular formula is C16H18OS. The van der Waals surface area contributed by atoms with Gasteiger partial charge in [0.15, 0.2) is 0 Å². The van der Waals surface area contributed by atoms with E-state index in [1.54, 1.807) is 18.4 Å². The monoisotopic (exact) mass is 258 g/mol. The van der Waals surface area contributed by atoms with Crippen molar-refractivity contribution in [3.63, 3.8) is 0 Å². The van der Waals surface area contributed by atoms with Crippen LogP contribution in [0.25, 0.3) is 0 Å². The van der Waals surface area contributed by atoms with Crippen LogP contribution >= 0.6 is 11.3 Å². The van der Waals surface area contributed by atoms with Crippen LogP contribution < -0.4 is 4.74 Å². The molecule has 0 unspecified atom stereocenters. The minimum absolute atomic E-state index is 0.457. The molecule has 1 nitrogen and oxygen atoms in total. The van der Waals surface area contributed by atoms with Crippen LogP contribution in [0.2, 0.25) is 0 Å². The zero-order chi connectivity index (χ0) is 12.8. The van der Waals surface area contributed by atoms with E-state index < -0.39 is 0 Å². The van der Waals surface area contributed by atoms with Crippen LogP contribution in [-0.4, -0.2) is 7.11 Å². The molecule has 0 saturated heterocycles. The summed E-state index contributed by atoms with van der Waals surface area (Å²) in [7, 11) is 1.69. The third-order valence-corrected chi connectivity index (χ3v) is 3.86. The molecule has 2 heteroatoms. The fraction of sp³-hybridized carbons (Fsp3) is 0.250. The van der Waals surface area contributed by atoms with Crippen LogP contribution in [0.5, 0.6) is 5.75 Å². The molecule has 0 N–H and O–H groups in total. The number of benzene rings is 1. The lowest BCUT2D eigenvalue weighted by atomic mass is 9.94. The van der Waals surface area contributed by atoms with Gasteiger partial charge in [0.25, 0.3) is 0 Å². The zero-order valence-corrected chi connectivity index (χ0v) is 11.5. The van der Waals surface area contributed by atoms with Crippen molar-refractivity contribution in [3.05, 3.63) is 64.9 Å². The second-order valence-electron chi connectivity index (χ2n) is 4.29. The number of aryl methyl sites for hydroxylation is 1. The predicted octanol–water partition coefficient (Wildman–Crippen LogP) is 4.66. The fourth-order valence-electron chi connectivity index (χ4n) is 2.02. The van der Waals surface area contributed by atoms with E-state index in [4.69, 9.17) is 4.74 Å². The highest BCUT2D eigenvalue weighted by Gasteiger charge is 2.08. The van der Waals surface area contributed by atoms with Gasteiger partial charge in [0.2, 0.25) is 0 Å². The molecule has 0 aliphatic carbocycles. The van der Waals surface area contributed by atoms with Gasteiger partial charge in [-0.05, 0) is 52.9 Å². The SMILES string of the molecule is C=C[C@H](CCc1ccc(OC)cc1)c1ccsc1. The molecule has 0 aliphatic rings. The van der Waals surface area contributed by atoms with Gasteiger partial charge in [-0.1, -0.05) is 18.2 Å². The number of methoxy groups -OCH3 is 1. The van der Waals surface area contributed by atoms with Gasteiger partial charge in [-0.2, -0.15) is 11.3 Å². The molecule has 0 bridgehead atoms. The molecule has 1 aromatic carbocycles. The lowest BCUT2D eigenvalue weighted by Crippen LogP contribution is -1.96. The van der Waals surface area contributed by atoms with Gasteiger partial charge in [0.1, 0.15) is 5.75 Å². The first-order valence-corrected chi connectivity index (χ1v) is 7.05. The molecule has 0 saturated carbocycles. The third kappa shape index (κ3) is 3.23. The Morgan fingerprint density at radius 3 is 2.61 bits per heavy atom. The molecule has 2 rings (SSSR count). The number of rotatable bonds is 6. The van der Waals surface area contributed by atoms with Gasteiger partial charge in [-0.3, -0.25) is 0 Å². The van der Waals surface area contributed by atoms with Crippen LogP contribution in [0.15, 0.2) is 53.7 Å². The Balaban J connectivity index is 1.95. The van der Waals surface area contributed by atoms with E-state index in [0.717, 1.165) is 18.6 Å². The van der Waals surface area contributed by atoms with Crippen molar-refractivity contribution >= 4 is 11.3 Å². The average molecular weight is 258 g/mol. The fourth-order valence-corrected chi connectivity index (χ4v) is 2.75. The molecule has 94 valence electrons. The number of hydrogen-bond donors (Lipinski definition) is 0. The summed E-state index contributed by atoms with van der Waals surface area (Å²) in [6.45, 7) is 3.94. The minimum atomic E-state index is 0.457. The summed E-state index contributed by atoms with van der Waals surface area (Å²) >= 11 is 1.75. The highest BCUT2D eigenvalue weighted by atomic mass is 32.1. The van der Waals surface area contributed by atoms with Crippen molar-refractivity contribution in [3.8, 4) is 5.75 Å². The quantitative estimate of drug-likeness (QED) is 0.685. The van der Waals surface area contributed by atoms with Gasteiger partial charge >= 0.3 is 0 Å². The largest absolute Gasteiger partial charge is 0.497 e. The summed E-state index contributed by atoms with van der Waals surface area (Å²) in [5.41, 5.74) is 2.72. The summed E-state index contributed by atoms with van der Waals surface area (Å²) in [5.74, 6) is 1.37. The Hall–Kier alpha value is -1.54. The maximum absolute atomic E-state index is 5.16. The maximum atomic E-state index is 5.16. The van der Waals surface area contributed by atoms with Gasteiger partial charge in [-0.15, -0.1) is 6.58 Å². The lowest BCUT2D eigenvalue weighted by Gasteiger charge is -2.11. The Labute approximate surface area is 113 Å². The molecule has 1 atom stereocenters. The third-order valence-electron chi connectivity index (χ3n) is 3.16. The van der Waals surface area contributed by atoms with Crippen molar-refractivity contribution in [2.75, 3.05) is 7.11 Å². The predicted molar refractivity (Wildman–Crippen MR) is 78.6 cm³/mol. The molecule has 0 aliphatic heterocycles. The van der Waals surface area contributed by atoms with E-state index in [9.17, 15) is 0 Å². The number of ether oxygens (including phenoxy) is 1. The van der Waals surface area contributed by atoms with Crippen molar-refractivity contribution in [2.24, 2.45) is 0 Å². The molecule has 0 amide bonds. The summed E-state index contributed by atoms with van der Waals surface area (Å²) in [4.78, 5) is 0. The Bertz CT molecular complexity index is 470. The summed E-state index contributed by atoms with van der Waals surface area (Å²) in [5, 5.41) is 4.33. The van der Waals surface area contributed by atoms with E-state index in [2.05, 4.69) is 35.5 Å². The molecule has 2 aromatic rings.